The van der Waals surface area contributed by atoms with E-state index in [1.54, 1.807) is 0 Å². The highest BCUT2D eigenvalue weighted by Gasteiger charge is 2.36. The molecule has 2 aliphatic heterocycles. The molecule has 22 heavy (non-hydrogen) atoms. The molecule has 0 spiro atoms. The van der Waals surface area contributed by atoms with Crippen LogP contribution in [0.25, 0.3) is 0 Å². The van der Waals surface area contributed by atoms with E-state index in [9.17, 15) is 14.5 Å². The Balaban J connectivity index is 1.88. The summed E-state index contributed by atoms with van der Waals surface area (Å²) in [5.74, 6) is -0.494. The van der Waals surface area contributed by atoms with Gasteiger partial charge in [-0.05, 0) is 25.7 Å². The summed E-state index contributed by atoms with van der Waals surface area (Å²) in [6.45, 7) is 0. The van der Waals surface area contributed by atoms with Crippen LogP contribution in [0.4, 0.5) is 15.8 Å². The second-order valence-corrected chi connectivity index (χ2v) is 6.11. The maximum atomic E-state index is 14.3. The summed E-state index contributed by atoms with van der Waals surface area (Å²) in [6, 6.07) is 3.60. The lowest BCUT2D eigenvalue weighted by Crippen LogP contribution is -2.47. The van der Waals surface area contributed by atoms with Gasteiger partial charge in [0.25, 0.3) is 0 Å². The fourth-order valence-corrected chi connectivity index (χ4v) is 3.65. The first-order valence-electron chi connectivity index (χ1n) is 7.50. The van der Waals surface area contributed by atoms with Gasteiger partial charge in [-0.25, -0.2) is 4.39 Å². The monoisotopic (exact) mass is 309 g/mol. The van der Waals surface area contributed by atoms with E-state index in [0.717, 1.165) is 18.9 Å². The van der Waals surface area contributed by atoms with Crippen molar-refractivity contribution < 1.29 is 14.1 Å². The van der Waals surface area contributed by atoms with Gasteiger partial charge in [0.05, 0.1) is 23.8 Å². The number of methoxy groups -OCH3 is 1. The zero-order valence-corrected chi connectivity index (χ0v) is 12.7. The molecule has 7 heteroatoms. The van der Waals surface area contributed by atoms with Gasteiger partial charge in [0.1, 0.15) is 0 Å². The Morgan fingerprint density at radius 1 is 1.36 bits per heavy atom. The highest BCUT2D eigenvalue weighted by Crippen LogP contribution is 2.37. The SMILES string of the molecule is COc1cc(N(C)C2CC3CCC(C2)N3)c(F)cc1[N+](=O)[O-]. The van der Waals surface area contributed by atoms with Gasteiger partial charge in [-0.2, -0.15) is 0 Å². The van der Waals surface area contributed by atoms with E-state index in [1.165, 1.54) is 26.0 Å². The Morgan fingerprint density at radius 2 is 2.00 bits per heavy atom. The van der Waals surface area contributed by atoms with Crippen molar-refractivity contribution in [3.8, 4) is 5.75 Å². The third-order valence-electron chi connectivity index (χ3n) is 4.82. The minimum atomic E-state index is -0.629. The number of nitrogens with zero attached hydrogens (tertiary/aromatic N) is 2. The highest BCUT2D eigenvalue weighted by atomic mass is 19.1. The Kier molecular flexibility index (Phi) is 3.90. The van der Waals surface area contributed by atoms with Crippen molar-refractivity contribution in [2.24, 2.45) is 0 Å². The van der Waals surface area contributed by atoms with Crippen LogP contribution in [0.3, 0.4) is 0 Å². The number of hydrogen-bond donors (Lipinski definition) is 1. The third-order valence-corrected chi connectivity index (χ3v) is 4.82. The Labute approximate surface area is 128 Å². The molecule has 0 saturated carbocycles. The number of nitro groups is 1. The number of ether oxygens (including phenoxy) is 1. The summed E-state index contributed by atoms with van der Waals surface area (Å²) in [6.07, 6.45) is 4.26. The molecule has 2 bridgehead atoms. The van der Waals surface area contributed by atoms with Crippen molar-refractivity contribution in [1.29, 1.82) is 0 Å². The van der Waals surface area contributed by atoms with Gasteiger partial charge in [-0.1, -0.05) is 0 Å². The summed E-state index contributed by atoms with van der Waals surface area (Å²) in [5, 5.41) is 14.5. The van der Waals surface area contributed by atoms with E-state index in [1.807, 2.05) is 11.9 Å². The maximum absolute atomic E-state index is 14.3. The molecular weight excluding hydrogens is 289 g/mol. The number of anilines is 1. The summed E-state index contributed by atoms with van der Waals surface area (Å²) >= 11 is 0. The highest BCUT2D eigenvalue weighted by molar-refractivity contribution is 5.60. The average Bonchev–Trinajstić information content (AvgIpc) is 2.84. The maximum Gasteiger partial charge on any atom is 0.313 e. The third kappa shape index (κ3) is 2.61. The second-order valence-electron chi connectivity index (χ2n) is 6.11. The molecule has 0 aromatic heterocycles. The van der Waals surface area contributed by atoms with Crippen LogP contribution in [0.2, 0.25) is 0 Å². The van der Waals surface area contributed by atoms with Gasteiger partial charge in [0, 0.05) is 31.2 Å². The molecule has 0 aliphatic carbocycles. The van der Waals surface area contributed by atoms with Gasteiger partial charge >= 0.3 is 5.69 Å². The molecule has 2 heterocycles. The standard InChI is InChI=1S/C15H20FN3O3/c1-18(11-5-9-3-4-10(6-11)17-9)13-8-15(22-2)14(19(20)21)7-12(13)16/h7-11,17H,3-6H2,1-2H3. The number of piperidine rings is 1. The van der Waals surface area contributed by atoms with Crippen molar-refractivity contribution in [2.75, 3.05) is 19.1 Å². The zero-order chi connectivity index (χ0) is 15.9. The van der Waals surface area contributed by atoms with Crippen LogP contribution in [0.1, 0.15) is 25.7 Å². The molecule has 1 aromatic rings. The molecule has 120 valence electrons. The molecule has 1 aromatic carbocycles. The van der Waals surface area contributed by atoms with Crippen LogP contribution >= 0.6 is 0 Å². The predicted octanol–water partition coefficient (Wildman–Crippen LogP) is 2.46. The van der Waals surface area contributed by atoms with Crippen molar-refractivity contribution in [3.05, 3.63) is 28.1 Å². The summed E-state index contributed by atoms with van der Waals surface area (Å²) < 4.78 is 19.4. The largest absolute Gasteiger partial charge is 0.490 e. The normalized spacial score (nSPS) is 26.8. The van der Waals surface area contributed by atoms with E-state index in [0.29, 0.717) is 17.8 Å². The van der Waals surface area contributed by atoms with Crippen molar-refractivity contribution in [1.82, 2.24) is 5.32 Å². The number of halogens is 1. The molecule has 2 aliphatic rings. The minimum absolute atomic E-state index is 0.0881. The smallest absolute Gasteiger partial charge is 0.313 e. The first-order chi connectivity index (χ1) is 10.5. The van der Waals surface area contributed by atoms with Gasteiger partial charge in [-0.15, -0.1) is 0 Å². The molecule has 0 radical (unpaired) electrons. The van der Waals surface area contributed by atoms with Crippen LogP contribution in [-0.4, -0.2) is 37.2 Å². The number of nitrogens with one attached hydrogen (secondary N) is 1. The molecular formula is C15H20FN3O3. The lowest BCUT2D eigenvalue weighted by atomic mass is 9.98. The molecule has 2 fully saturated rings. The van der Waals surface area contributed by atoms with Gasteiger partial charge in [0.15, 0.2) is 11.6 Å². The number of benzene rings is 1. The van der Waals surface area contributed by atoms with E-state index in [2.05, 4.69) is 5.32 Å². The number of fused-ring (bicyclic) bond motifs is 2. The van der Waals surface area contributed by atoms with Gasteiger partial charge in [-0.3, -0.25) is 10.1 Å². The van der Waals surface area contributed by atoms with Crippen molar-refractivity contribution >= 4 is 11.4 Å². The lowest BCUT2D eigenvalue weighted by Gasteiger charge is -2.37. The molecule has 0 amide bonds. The van der Waals surface area contributed by atoms with Crippen LogP contribution in [0.15, 0.2) is 12.1 Å². The van der Waals surface area contributed by atoms with Crippen molar-refractivity contribution in [3.63, 3.8) is 0 Å². The molecule has 2 unspecified atom stereocenters. The Hall–Kier alpha value is -1.89. The average molecular weight is 309 g/mol. The summed E-state index contributed by atoms with van der Waals surface area (Å²) in [7, 11) is 3.20. The number of rotatable bonds is 4. The van der Waals surface area contributed by atoms with Gasteiger partial charge in [0.2, 0.25) is 0 Å². The van der Waals surface area contributed by atoms with E-state index in [4.69, 9.17) is 4.74 Å². The quantitative estimate of drug-likeness (QED) is 0.683. The van der Waals surface area contributed by atoms with E-state index < -0.39 is 10.7 Å². The molecule has 2 atom stereocenters. The topological polar surface area (TPSA) is 67.6 Å². The molecule has 3 rings (SSSR count). The number of hydrogen-bond acceptors (Lipinski definition) is 5. The first-order valence-corrected chi connectivity index (χ1v) is 7.50. The molecule has 2 saturated heterocycles. The van der Waals surface area contributed by atoms with E-state index >= 15 is 0 Å². The van der Waals surface area contributed by atoms with E-state index in [-0.39, 0.29) is 17.5 Å². The summed E-state index contributed by atoms with van der Waals surface area (Å²) in [4.78, 5) is 12.2. The Bertz CT molecular complexity index is 584. The van der Waals surface area contributed by atoms with Crippen LogP contribution < -0.4 is 15.0 Å². The Morgan fingerprint density at radius 3 is 2.55 bits per heavy atom. The predicted molar refractivity (Wildman–Crippen MR) is 81.0 cm³/mol. The zero-order valence-electron chi connectivity index (χ0n) is 12.7. The number of nitro benzene ring substituents is 1. The van der Waals surface area contributed by atoms with Crippen LogP contribution in [0, 0.1) is 15.9 Å². The minimum Gasteiger partial charge on any atom is -0.490 e. The van der Waals surface area contributed by atoms with Gasteiger partial charge < -0.3 is 15.0 Å². The molecule has 6 nitrogen and oxygen atoms in total. The first kappa shape index (κ1) is 15.0. The molecule has 1 N–H and O–H groups in total. The summed E-state index contributed by atoms with van der Waals surface area (Å²) in [5.41, 5.74) is 0.0104. The van der Waals surface area contributed by atoms with Crippen LogP contribution in [0.5, 0.6) is 5.75 Å². The van der Waals surface area contributed by atoms with Crippen molar-refractivity contribution in [2.45, 2.75) is 43.8 Å². The van der Waals surface area contributed by atoms with Crippen LogP contribution in [-0.2, 0) is 0 Å². The second kappa shape index (κ2) is 5.72. The fourth-order valence-electron chi connectivity index (χ4n) is 3.65. The fraction of sp³-hybridized carbons (Fsp3) is 0.600. The lowest BCUT2D eigenvalue weighted by molar-refractivity contribution is -0.385.